The summed E-state index contributed by atoms with van der Waals surface area (Å²) in [6.07, 6.45) is 2.88. The monoisotopic (exact) mass is 256 g/mol. The van der Waals surface area contributed by atoms with E-state index in [-0.39, 0.29) is 5.54 Å². The molecule has 0 aromatic rings. The van der Waals surface area contributed by atoms with E-state index >= 15 is 0 Å². The van der Waals surface area contributed by atoms with Crippen molar-refractivity contribution in [1.29, 1.82) is 0 Å². The van der Waals surface area contributed by atoms with Gasteiger partial charge in [0.05, 0.1) is 0 Å². The number of nitrogens with one attached hydrogen (secondary N) is 1. The summed E-state index contributed by atoms with van der Waals surface area (Å²) < 4.78 is 0. The molecule has 2 fully saturated rings. The van der Waals surface area contributed by atoms with E-state index in [2.05, 4.69) is 49.7 Å². The van der Waals surface area contributed by atoms with Crippen LogP contribution in [-0.2, 0) is 0 Å². The van der Waals surface area contributed by atoms with Gasteiger partial charge in [0.2, 0.25) is 0 Å². The number of thioether (sulfide) groups is 1. The van der Waals surface area contributed by atoms with Crippen LogP contribution in [0.25, 0.3) is 0 Å². The fourth-order valence-electron chi connectivity index (χ4n) is 3.00. The molecule has 17 heavy (non-hydrogen) atoms. The van der Waals surface area contributed by atoms with Gasteiger partial charge in [-0.05, 0) is 45.3 Å². The van der Waals surface area contributed by atoms with Gasteiger partial charge in [0.1, 0.15) is 0 Å². The van der Waals surface area contributed by atoms with Gasteiger partial charge in [0.15, 0.2) is 0 Å². The van der Waals surface area contributed by atoms with E-state index in [9.17, 15) is 0 Å². The molecule has 1 heterocycles. The number of hydrogen-bond acceptors (Lipinski definition) is 3. The van der Waals surface area contributed by atoms with E-state index in [1.165, 1.54) is 44.0 Å². The normalized spacial score (nSPS) is 33.9. The Bertz CT molecular complexity index is 263. The Morgan fingerprint density at radius 2 is 2.00 bits per heavy atom. The maximum absolute atomic E-state index is 3.74. The van der Waals surface area contributed by atoms with Crippen LogP contribution in [0.2, 0.25) is 0 Å². The van der Waals surface area contributed by atoms with E-state index in [0.29, 0.717) is 5.54 Å². The molecule has 1 aliphatic carbocycles. The molecule has 0 spiro atoms. The van der Waals surface area contributed by atoms with Crippen molar-refractivity contribution in [3.05, 3.63) is 0 Å². The highest BCUT2D eigenvalue weighted by Gasteiger charge is 2.49. The second kappa shape index (κ2) is 5.10. The minimum absolute atomic E-state index is 0.283. The molecule has 2 aliphatic rings. The topological polar surface area (TPSA) is 15.3 Å². The van der Waals surface area contributed by atoms with Gasteiger partial charge in [-0.3, -0.25) is 4.90 Å². The van der Waals surface area contributed by atoms with Crippen LogP contribution in [0, 0.1) is 5.92 Å². The average Bonchev–Trinajstić information content (AvgIpc) is 3.07. The largest absolute Gasteiger partial charge is 0.309 e. The predicted molar refractivity (Wildman–Crippen MR) is 77.8 cm³/mol. The molecule has 0 amide bonds. The minimum atomic E-state index is 0.283. The zero-order chi connectivity index (χ0) is 12.5. The maximum Gasteiger partial charge on any atom is 0.0335 e. The quantitative estimate of drug-likeness (QED) is 0.761. The zero-order valence-electron chi connectivity index (χ0n) is 11.9. The summed E-state index contributed by atoms with van der Waals surface area (Å²) in [6, 6.07) is 0. The molecule has 0 aromatic carbocycles. The van der Waals surface area contributed by atoms with Gasteiger partial charge in [-0.1, -0.05) is 6.92 Å². The van der Waals surface area contributed by atoms with E-state index in [4.69, 9.17) is 0 Å². The summed E-state index contributed by atoms with van der Waals surface area (Å²) in [4.78, 5) is 2.77. The van der Waals surface area contributed by atoms with Gasteiger partial charge in [0, 0.05) is 36.5 Å². The molecule has 2 nitrogen and oxygen atoms in total. The Kier molecular flexibility index (Phi) is 4.11. The summed E-state index contributed by atoms with van der Waals surface area (Å²) in [6.45, 7) is 13.0. The third-order valence-electron chi connectivity index (χ3n) is 4.40. The second-order valence-corrected chi connectivity index (χ2v) is 7.88. The first-order valence-corrected chi connectivity index (χ1v) is 8.21. The summed E-state index contributed by atoms with van der Waals surface area (Å²) in [5.74, 6) is 3.47. The van der Waals surface area contributed by atoms with Crippen molar-refractivity contribution in [2.75, 3.05) is 31.1 Å². The van der Waals surface area contributed by atoms with Gasteiger partial charge in [0.25, 0.3) is 0 Å². The standard InChI is InChI=1S/C14H28N2S/c1-5-17-9-8-16-11-13(2,3)15-10-14(16,4)12-6-7-12/h12,15H,5-11H2,1-4H3. The van der Waals surface area contributed by atoms with E-state index < -0.39 is 0 Å². The first kappa shape index (κ1) is 13.7. The molecule has 0 radical (unpaired) electrons. The van der Waals surface area contributed by atoms with E-state index in [1.807, 2.05) is 0 Å². The van der Waals surface area contributed by atoms with Crippen LogP contribution in [0.5, 0.6) is 0 Å². The molecule has 1 unspecified atom stereocenters. The fourth-order valence-corrected chi connectivity index (χ4v) is 3.64. The van der Waals surface area contributed by atoms with Crippen molar-refractivity contribution in [2.24, 2.45) is 5.92 Å². The predicted octanol–water partition coefficient (Wildman–Crippen LogP) is 2.59. The highest BCUT2D eigenvalue weighted by Crippen LogP contribution is 2.44. The molecule has 2 rings (SSSR count). The Labute approximate surface area is 111 Å². The summed E-state index contributed by atoms with van der Waals surface area (Å²) in [7, 11) is 0. The van der Waals surface area contributed by atoms with E-state index in [0.717, 1.165) is 5.92 Å². The lowest BCUT2D eigenvalue weighted by Gasteiger charge is -2.52. The number of nitrogens with zero attached hydrogens (tertiary/aromatic N) is 1. The van der Waals surface area contributed by atoms with Crippen LogP contribution < -0.4 is 5.32 Å². The van der Waals surface area contributed by atoms with Gasteiger partial charge in [-0.2, -0.15) is 11.8 Å². The number of rotatable bonds is 5. The molecular formula is C14H28N2S. The molecule has 3 heteroatoms. The summed E-state index contributed by atoms with van der Waals surface area (Å²) >= 11 is 2.07. The minimum Gasteiger partial charge on any atom is -0.309 e. The lowest BCUT2D eigenvalue weighted by molar-refractivity contribution is 0.0173. The molecule has 1 saturated carbocycles. The third kappa shape index (κ3) is 3.18. The van der Waals surface area contributed by atoms with Crippen LogP contribution in [0.15, 0.2) is 0 Å². The highest BCUT2D eigenvalue weighted by atomic mass is 32.2. The average molecular weight is 256 g/mol. The first-order chi connectivity index (χ1) is 7.98. The van der Waals surface area contributed by atoms with Crippen molar-refractivity contribution in [3.63, 3.8) is 0 Å². The van der Waals surface area contributed by atoms with Gasteiger partial charge < -0.3 is 5.32 Å². The van der Waals surface area contributed by atoms with Crippen LogP contribution >= 0.6 is 11.8 Å². The summed E-state index contributed by atoms with van der Waals surface area (Å²) in [5, 5.41) is 3.74. The molecule has 1 aliphatic heterocycles. The van der Waals surface area contributed by atoms with Crippen LogP contribution in [0.1, 0.15) is 40.5 Å². The van der Waals surface area contributed by atoms with Gasteiger partial charge in [-0.25, -0.2) is 0 Å². The Morgan fingerprint density at radius 3 is 2.59 bits per heavy atom. The van der Waals surface area contributed by atoms with Crippen molar-refractivity contribution in [3.8, 4) is 0 Å². The van der Waals surface area contributed by atoms with Crippen molar-refractivity contribution in [1.82, 2.24) is 10.2 Å². The molecule has 100 valence electrons. The Hall–Kier alpha value is 0.270. The molecule has 1 saturated heterocycles. The van der Waals surface area contributed by atoms with Crippen molar-refractivity contribution in [2.45, 2.75) is 51.6 Å². The number of piperazine rings is 1. The molecule has 0 aromatic heterocycles. The van der Waals surface area contributed by atoms with Crippen molar-refractivity contribution >= 4 is 11.8 Å². The van der Waals surface area contributed by atoms with Gasteiger partial charge in [-0.15, -0.1) is 0 Å². The van der Waals surface area contributed by atoms with E-state index in [1.54, 1.807) is 0 Å². The molecule has 1 atom stereocenters. The highest BCUT2D eigenvalue weighted by molar-refractivity contribution is 7.99. The second-order valence-electron chi connectivity index (χ2n) is 6.49. The van der Waals surface area contributed by atoms with Crippen LogP contribution in [0.3, 0.4) is 0 Å². The number of hydrogen-bond donors (Lipinski definition) is 1. The molecule has 1 N–H and O–H groups in total. The lowest BCUT2D eigenvalue weighted by atomic mass is 9.86. The SMILES string of the molecule is CCSCCN1CC(C)(C)NCC1(C)C1CC1. The Balaban J connectivity index is 1.98. The Morgan fingerprint density at radius 1 is 1.29 bits per heavy atom. The summed E-state index contributed by atoms with van der Waals surface area (Å²) in [5.41, 5.74) is 0.703. The van der Waals surface area contributed by atoms with Gasteiger partial charge >= 0.3 is 0 Å². The molecular weight excluding hydrogens is 228 g/mol. The van der Waals surface area contributed by atoms with Crippen molar-refractivity contribution < 1.29 is 0 Å². The molecule has 0 bridgehead atoms. The van der Waals surface area contributed by atoms with Crippen LogP contribution in [0.4, 0.5) is 0 Å². The fraction of sp³-hybridized carbons (Fsp3) is 1.00. The maximum atomic E-state index is 3.74. The third-order valence-corrected chi connectivity index (χ3v) is 5.28. The van der Waals surface area contributed by atoms with Crippen LogP contribution in [-0.4, -0.2) is 47.1 Å². The zero-order valence-corrected chi connectivity index (χ0v) is 12.7. The first-order valence-electron chi connectivity index (χ1n) is 7.06. The smallest absolute Gasteiger partial charge is 0.0335 e. The lowest BCUT2D eigenvalue weighted by Crippen LogP contribution is -2.68.